The average molecular weight is 416 g/mol. The van der Waals surface area contributed by atoms with Crippen LogP contribution < -0.4 is 4.90 Å². The van der Waals surface area contributed by atoms with Gasteiger partial charge in [0.2, 0.25) is 11.8 Å². The van der Waals surface area contributed by atoms with E-state index in [9.17, 15) is 24.5 Å². The Labute approximate surface area is 176 Å². The summed E-state index contributed by atoms with van der Waals surface area (Å²) < 4.78 is 0. The number of amides is 2. The zero-order valence-corrected chi connectivity index (χ0v) is 16.1. The second-order valence-corrected chi connectivity index (χ2v) is 7.53. The van der Waals surface area contributed by atoms with Gasteiger partial charge in [0, 0.05) is 23.9 Å². The van der Waals surface area contributed by atoms with E-state index in [4.69, 9.17) is 0 Å². The Hall–Kier alpha value is -4.14. The highest BCUT2D eigenvalue weighted by atomic mass is 16.6. The smallest absolute Gasteiger partial charge is 0.269 e. The maximum absolute atomic E-state index is 13.4. The molecule has 3 aliphatic rings. The number of rotatable bonds is 4. The minimum Gasteiger partial charge on any atom is -0.292 e. The van der Waals surface area contributed by atoms with Gasteiger partial charge < -0.3 is 0 Å². The minimum atomic E-state index is -0.918. The SMILES string of the molecule is O=C(c1ccccc1)[C@H]1[C@H]2C(=O)N(c3ccc([N+](=O)[O-])cc3)C(=O)[C@@H]2[C@H]2C=CC=NN21. The van der Waals surface area contributed by atoms with E-state index < -0.39 is 40.7 Å². The number of carbonyl (C=O) groups excluding carboxylic acids is 3. The monoisotopic (exact) mass is 416 g/mol. The summed E-state index contributed by atoms with van der Waals surface area (Å²) in [7, 11) is 0. The number of nitro benzene ring substituents is 1. The van der Waals surface area contributed by atoms with Crippen LogP contribution >= 0.6 is 0 Å². The first-order valence-electron chi connectivity index (χ1n) is 9.69. The lowest BCUT2D eigenvalue weighted by Crippen LogP contribution is -2.46. The molecule has 9 nitrogen and oxygen atoms in total. The van der Waals surface area contributed by atoms with Gasteiger partial charge in [0.25, 0.3) is 5.69 Å². The fourth-order valence-electron chi connectivity index (χ4n) is 4.59. The average Bonchev–Trinajstić information content (AvgIpc) is 3.27. The van der Waals surface area contributed by atoms with E-state index in [-0.39, 0.29) is 17.2 Å². The number of non-ortho nitro benzene ring substituents is 1. The molecule has 2 aromatic carbocycles. The molecule has 0 radical (unpaired) electrons. The fraction of sp³-hybridized carbons (Fsp3) is 0.182. The number of carbonyl (C=O) groups is 3. The van der Waals surface area contributed by atoms with Crippen molar-refractivity contribution in [2.45, 2.75) is 12.1 Å². The lowest BCUT2D eigenvalue weighted by atomic mass is 9.86. The van der Waals surface area contributed by atoms with Crippen molar-refractivity contribution in [1.29, 1.82) is 0 Å². The number of hydrogen-bond donors (Lipinski definition) is 0. The van der Waals surface area contributed by atoms with Crippen LogP contribution in [0.15, 0.2) is 71.9 Å². The number of hydrazone groups is 1. The van der Waals surface area contributed by atoms with Crippen LogP contribution in [0, 0.1) is 22.0 Å². The summed E-state index contributed by atoms with van der Waals surface area (Å²) in [6.45, 7) is 0. The van der Waals surface area contributed by atoms with Crippen LogP contribution in [-0.2, 0) is 9.59 Å². The van der Waals surface area contributed by atoms with Gasteiger partial charge in [-0.2, -0.15) is 5.10 Å². The van der Waals surface area contributed by atoms with E-state index in [1.54, 1.807) is 47.5 Å². The maximum atomic E-state index is 13.4. The number of hydrogen-bond acceptors (Lipinski definition) is 7. The highest BCUT2D eigenvalue weighted by Gasteiger charge is 2.64. The highest BCUT2D eigenvalue weighted by molar-refractivity contribution is 6.24. The minimum absolute atomic E-state index is 0.143. The number of imide groups is 1. The van der Waals surface area contributed by atoms with E-state index in [1.165, 1.54) is 30.5 Å². The van der Waals surface area contributed by atoms with Crippen molar-refractivity contribution in [3.8, 4) is 0 Å². The Morgan fingerprint density at radius 1 is 0.968 bits per heavy atom. The molecule has 3 aliphatic heterocycles. The van der Waals surface area contributed by atoms with Gasteiger partial charge in [-0.05, 0) is 18.2 Å². The number of ketones is 1. The van der Waals surface area contributed by atoms with Crippen molar-refractivity contribution in [3.63, 3.8) is 0 Å². The number of anilines is 1. The third kappa shape index (κ3) is 2.77. The molecule has 0 bridgehead atoms. The molecule has 0 N–H and O–H groups in total. The molecule has 0 saturated carbocycles. The fourth-order valence-corrected chi connectivity index (χ4v) is 4.59. The van der Waals surface area contributed by atoms with Crippen LogP contribution in [0.5, 0.6) is 0 Å². The van der Waals surface area contributed by atoms with Gasteiger partial charge in [0.15, 0.2) is 5.78 Å². The maximum Gasteiger partial charge on any atom is 0.269 e. The van der Waals surface area contributed by atoms with Crippen LogP contribution in [0.25, 0.3) is 0 Å². The molecule has 3 heterocycles. The highest BCUT2D eigenvalue weighted by Crippen LogP contribution is 2.46. The van der Waals surface area contributed by atoms with Crippen LogP contribution in [0.2, 0.25) is 0 Å². The summed E-state index contributed by atoms with van der Waals surface area (Å²) in [5.41, 5.74) is 0.539. The topological polar surface area (TPSA) is 113 Å². The van der Waals surface area contributed by atoms with E-state index in [0.717, 1.165) is 4.90 Å². The summed E-state index contributed by atoms with van der Waals surface area (Å²) in [6, 6.07) is 12.4. The molecule has 154 valence electrons. The molecular weight excluding hydrogens is 400 g/mol. The van der Waals surface area contributed by atoms with Gasteiger partial charge in [-0.15, -0.1) is 0 Å². The molecule has 2 aromatic rings. The Morgan fingerprint density at radius 2 is 1.65 bits per heavy atom. The molecule has 5 rings (SSSR count). The number of benzene rings is 2. The molecule has 2 saturated heterocycles. The number of Topliss-reactive ketones (excluding diaryl/α,β-unsaturated/α-hetero) is 1. The molecular formula is C22H16N4O5. The lowest BCUT2D eigenvalue weighted by molar-refractivity contribution is -0.384. The van der Waals surface area contributed by atoms with Crippen molar-refractivity contribution in [1.82, 2.24) is 5.01 Å². The summed E-state index contributed by atoms with van der Waals surface area (Å²) >= 11 is 0. The molecule has 0 aliphatic carbocycles. The summed E-state index contributed by atoms with van der Waals surface area (Å²) in [5, 5.41) is 16.8. The van der Waals surface area contributed by atoms with Crippen LogP contribution in [0.4, 0.5) is 11.4 Å². The first-order valence-corrected chi connectivity index (χ1v) is 9.69. The van der Waals surface area contributed by atoms with Gasteiger partial charge in [-0.25, -0.2) is 4.90 Å². The van der Waals surface area contributed by atoms with Crippen LogP contribution in [0.3, 0.4) is 0 Å². The third-order valence-corrected chi connectivity index (χ3v) is 5.94. The molecule has 0 unspecified atom stereocenters. The lowest BCUT2D eigenvalue weighted by Gasteiger charge is -2.30. The standard InChI is InChI=1S/C22H16N4O5/c27-20(13-5-2-1-3-6-13)19-18-17(16-7-4-12-23-25(16)19)21(28)24(22(18)29)14-8-10-15(11-9-14)26(30)31/h1-12,16-19H/t16-,17-,18+,19-/m1/s1. The number of nitro groups is 1. The molecule has 4 atom stereocenters. The first-order chi connectivity index (χ1) is 15.0. The number of nitrogens with zero attached hydrogens (tertiary/aromatic N) is 4. The van der Waals surface area contributed by atoms with E-state index in [0.29, 0.717) is 5.56 Å². The molecule has 0 spiro atoms. The predicted octanol–water partition coefficient (Wildman–Crippen LogP) is 2.19. The van der Waals surface area contributed by atoms with Gasteiger partial charge in [-0.3, -0.25) is 29.5 Å². The quantitative estimate of drug-likeness (QED) is 0.327. The van der Waals surface area contributed by atoms with Crippen molar-refractivity contribution in [2.75, 3.05) is 4.90 Å². The zero-order chi connectivity index (χ0) is 21.7. The normalized spacial score (nSPS) is 26.2. The molecule has 0 aromatic heterocycles. The van der Waals surface area contributed by atoms with Crippen LogP contribution in [0.1, 0.15) is 10.4 Å². The Balaban J connectivity index is 1.55. The Kier molecular flexibility index (Phi) is 4.25. The Bertz CT molecular complexity index is 1160. The first kappa shape index (κ1) is 18.9. The zero-order valence-electron chi connectivity index (χ0n) is 16.1. The summed E-state index contributed by atoms with van der Waals surface area (Å²) in [4.78, 5) is 51.5. The predicted molar refractivity (Wildman–Crippen MR) is 110 cm³/mol. The van der Waals surface area contributed by atoms with Gasteiger partial charge in [0.05, 0.1) is 28.5 Å². The third-order valence-electron chi connectivity index (χ3n) is 5.94. The molecule has 31 heavy (non-hydrogen) atoms. The van der Waals surface area contributed by atoms with Crippen LogP contribution in [-0.4, -0.2) is 45.8 Å². The summed E-state index contributed by atoms with van der Waals surface area (Å²) in [6.07, 6.45) is 5.00. The molecule has 9 heteroatoms. The van der Waals surface area contributed by atoms with E-state index >= 15 is 0 Å². The van der Waals surface area contributed by atoms with E-state index in [2.05, 4.69) is 5.10 Å². The van der Waals surface area contributed by atoms with E-state index in [1.807, 2.05) is 0 Å². The van der Waals surface area contributed by atoms with Crippen molar-refractivity contribution < 1.29 is 19.3 Å². The second kappa shape index (κ2) is 6.98. The van der Waals surface area contributed by atoms with Crippen molar-refractivity contribution in [3.05, 3.63) is 82.4 Å². The van der Waals surface area contributed by atoms with Crippen molar-refractivity contribution in [2.24, 2.45) is 16.9 Å². The molecule has 2 fully saturated rings. The van der Waals surface area contributed by atoms with Gasteiger partial charge in [0.1, 0.15) is 6.04 Å². The second-order valence-electron chi connectivity index (χ2n) is 7.53. The Morgan fingerprint density at radius 3 is 2.32 bits per heavy atom. The number of fused-ring (bicyclic) bond motifs is 3. The van der Waals surface area contributed by atoms with Gasteiger partial charge in [-0.1, -0.05) is 36.4 Å². The number of allylic oxidation sites excluding steroid dienone is 1. The summed E-state index contributed by atoms with van der Waals surface area (Å²) in [5.74, 6) is -2.90. The van der Waals surface area contributed by atoms with Gasteiger partial charge >= 0.3 is 0 Å². The largest absolute Gasteiger partial charge is 0.292 e. The molecule has 2 amide bonds. The van der Waals surface area contributed by atoms with Crippen molar-refractivity contribution >= 4 is 35.2 Å².